The second kappa shape index (κ2) is 5.48. The van der Waals surface area contributed by atoms with Crippen molar-refractivity contribution in [2.24, 2.45) is 0 Å². The summed E-state index contributed by atoms with van der Waals surface area (Å²) in [7, 11) is 0. The molecule has 27 heavy (non-hydrogen) atoms. The summed E-state index contributed by atoms with van der Waals surface area (Å²) < 4.78 is 9.69. The molecule has 0 radical (unpaired) electrons. The number of aromatic nitrogens is 1. The lowest BCUT2D eigenvalue weighted by atomic mass is 10.1. The zero-order chi connectivity index (χ0) is 18.0. The van der Waals surface area contributed by atoms with Crippen molar-refractivity contribution in [2.75, 3.05) is 0 Å². The molecule has 0 N–H and O–H groups in total. The molecular weight excluding hydrogens is 398 g/mol. The zero-order valence-corrected chi connectivity index (χ0v) is 15.9. The van der Waals surface area contributed by atoms with E-state index in [2.05, 4.69) is 93.3 Å². The van der Waals surface area contributed by atoms with Crippen molar-refractivity contribution >= 4 is 59.7 Å². The molecule has 6 aromatic rings. The van der Waals surface area contributed by atoms with E-state index in [0.717, 1.165) is 43.0 Å². The highest BCUT2D eigenvalue weighted by molar-refractivity contribution is 9.10. The summed E-state index contributed by atoms with van der Waals surface area (Å²) in [6.45, 7) is 0. The number of fused-ring (bicyclic) bond motifs is 7. The van der Waals surface area contributed by atoms with Gasteiger partial charge in [-0.3, -0.25) is 0 Å². The number of rotatable bonds is 1. The Morgan fingerprint density at radius 1 is 0.593 bits per heavy atom. The van der Waals surface area contributed by atoms with Crippen molar-refractivity contribution in [1.82, 2.24) is 4.57 Å². The molecule has 4 aromatic carbocycles. The van der Waals surface area contributed by atoms with Gasteiger partial charge in [0, 0.05) is 21.8 Å². The first-order valence-electron chi connectivity index (χ1n) is 8.91. The molecule has 0 aliphatic carbocycles. The molecule has 0 fully saturated rings. The van der Waals surface area contributed by atoms with Crippen LogP contribution in [-0.4, -0.2) is 4.57 Å². The van der Waals surface area contributed by atoms with E-state index in [1.165, 1.54) is 10.9 Å². The Hall–Kier alpha value is -3.04. The van der Waals surface area contributed by atoms with Gasteiger partial charge in [-0.15, -0.1) is 0 Å². The minimum Gasteiger partial charge on any atom is -0.454 e. The van der Waals surface area contributed by atoms with Gasteiger partial charge in [-0.1, -0.05) is 48.5 Å². The minimum absolute atomic E-state index is 0.900. The van der Waals surface area contributed by atoms with Crippen LogP contribution in [0.25, 0.3) is 49.4 Å². The molecule has 2 aromatic heterocycles. The summed E-state index contributed by atoms with van der Waals surface area (Å²) in [5, 5.41) is 4.65. The van der Waals surface area contributed by atoms with E-state index in [1.807, 2.05) is 12.1 Å². The van der Waals surface area contributed by atoms with Gasteiger partial charge in [0.1, 0.15) is 11.2 Å². The molecule has 2 heterocycles. The molecule has 0 saturated heterocycles. The minimum atomic E-state index is 0.900. The second-order valence-corrected chi connectivity index (χ2v) is 7.60. The third-order valence-electron chi connectivity index (χ3n) is 5.27. The molecule has 0 aliphatic heterocycles. The lowest BCUT2D eigenvalue weighted by Crippen LogP contribution is -1.92. The van der Waals surface area contributed by atoms with E-state index in [4.69, 9.17) is 4.42 Å². The first kappa shape index (κ1) is 15.1. The molecule has 0 bridgehead atoms. The molecule has 3 heteroatoms. The number of para-hydroxylation sites is 3. The van der Waals surface area contributed by atoms with Crippen molar-refractivity contribution in [3.05, 3.63) is 89.4 Å². The number of halogens is 1. The normalized spacial score (nSPS) is 11.9. The van der Waals surface area contributed by atoms with Gasteiger partial charge in [-0.25, -0.2) is 0 Å². The fourth-order valence-corrected chi connectivity index (χ4v) is 4.58. The summed E-state index contributed by atoms with van der Waals surface area (Å²) in [6, 6.07) is 29.6. The molecule has 0 unspecified atom stereocenters. The highest BCUT2D eigenvalue weighted by Crippen LogP contribution is 2.41. The van der Waals surface area contributed by atoms with Crippen molar-refractivity contribution in [1.29, 1.82) is 0 Å². The number of hydrogen-bond acceptors (Lipinski definition) is 1. The van der Waals surface area contributed by atoms with Gasteiger partial charge in [-0.2, -0.15) is 0 Å². The number of nitrogens with zero attached hydrogens (tertiary/aromatic N) is 1. The molecule has 0 atom stereocenters. The average Bonchev–Trinajstić information content (AvgIpc) is 3.25. The Labute approximate surface area is 163 Å². The quantitative estimate of drug-likeness (QED) is 0.274. The highest BCUT2D eigenvalue weighted by Gasteiger charge is 2.18. The fraction of sp³-hybridized carbons (Fsp3) is 0. The van der Waals surface area contributed by atoms with Crippen molar-refractivity contribution < 1.29 is 4.42 Å². The number of benzene rings is 4. The molecule has 2 nitrogen and oxygen atoms in total. The van der Waals surface area contributed by atoms with Crippen LogP contribution >= 0.6 is 15.9 Å². The van der Waals surface area contributed by atoms with Gasteiger partial charge in [0.15, 0.2) is 0 Å². The van der Waals surface area contributed by atoms with Crippen LogP contribution in [0.2, 0.25) is 0 Å². The van der Waals surface area contributed by atoms with E-state index in [0.29, 0.717) is 0 Å². The number of furan rings is 1. The van der Waals surface area contributed by atoms with Crippen LogP contribution in [0.5, 0.6) is 0 Å². The van der Waals surface area contributed by atoms with Gasteiger partial charge in [0.2, 0.25) is 0 Å². The van der Waals surface area contributed by atoms with Crippen LogP contribution in [0.15, 0.2) is 93.8 Å². The Morgan fingerprint density at radius 3 is 2.22 bits per heavy atom. The second-order valence-electron chi connectivity index (χ2n) is 6.74. The van der Waals surface area contributed by atoms with Gasteiger partial charge in [0.05, 0.1) is 20.9 Å². The maximum atomic E-state index is 6.39. The van der Waals surface area contributed by atoms with Crippen LogP contribution < -0.4 is 0 Å². The monoisotopic (exact) mass is 411 g/mol. The van der Waals surface area contributed by atoms with E-state index in [9.17, 15) is 0 Å². The maximum absolute atomic E-state index is 6.39. The summed E-state index contributed by atoms with van der Waals surface area (Å²) in [5.41, 5.74) is 5.34. The summed E-state index contributed by atoms with van der Waals surface area (Å²) in [5.74, 6) is 0. The summed E-state index contributed by atoms with van der Waals surface area (Å²) in [4.78, 5) is 0. The van der Waals surface area contributed by atoms with Crippen LogP contribution in [0.3, 0.4) is 0 Å². The third-order valence-corrected chi connectivity index (χ3v) is 5.89. The predicted octanol–water partition coefficient (Wildman–Crippen LogP) is 7.45. The average molecular weight is 412 g/mol. The first-order chi connectivity index (χ1) is 13.3. The van der Waals surface area contributed by atoms with E-state index < -0.39 is 0 Å². The molecular formula is C24H14BrNO. The van der Waals surface area contributed by atoms with Crippen LogP contribution in [0.4, 0.5) is 0 Å². The van der Waals surface area contributed by atoms with Gasteiger partial charge < -0.3 is 8.98 Å². The molecule has 6 rings (SSSR count). The zero-order valence-electron chi connectivity index (χ0n) is 14.3. The lowest BCUT2D eigenvalue weighted by molar-refractivity contribution is 0.671. The Bertz CT molecular complexity index is 1470. The van der Waals surface area contributed by atoms with E-state index in [1.54, 1.807) is 0 Å². The molecule has 0 saturated carbocycles. The number of hydrogen-bond donors (Lipinski definition) is 0. The SMILES string of the molecule is Brc1cccc2c1oc1c2ccc2c1c1ccccc1n2-c1ccccc1. The lowest BCUT2D eigenvalue weighted by Gasteiger charge is -2.07. The summed E-state index contributed by atoms with van der Waals surface area (Å²) >= 11 is 3.63. The maximum Gasteiger partial charge on any atom is 0.149 e. The Morgan fingerprint density at radius 2 is 1.33 bits per heavy atom. The Kier molecular flexibility index (Phi) is 3.06. The molecule has 128 valence electrons. The van der Waals surface area contributed by atoms with Crippen molar-refractivity contribution in [2.45, 2.75) is 0 Å². The van der Waals surface area contributed by atoms with Gasteiger partial charge >= 0.3 is 0 Å². The highest BCUT2D eigenvalue weighted by atomic mass is 79.9. The van der Waals surface area contributed by atoms with Gasteiger partial charge in [-0.05, 0) is 52.3 Å². The van der Waals surface area contributed by atoms with E-state index >= 15 is 0 Å². The van der Waals surface area contributed by atoms with Crippen LogP contribution in [0, 0.1) is 0 Å². The standard InChI is InChI=1S/C24H14BrNO/c25-19-11-6-10-16-17-13-14-21-22(24(17)27-23(16)19)18-9-4-5-12-20(18)26(21)15-7-2-1-3-8-15/h1-14H. The van der Waals surface area contributed by atoms with Crippen LogP contribution in [-0.2, 0) is 0 Å². The molecule has 0 amide bonds. The predicted molar refractivity (Wildman–Crippen MR) is 116 cm³/mol. The molecule has 0 spiro atoms. The summed E-state index contributed by atoms with van der Waals surface area (Å²) in [6.07, 6.45) is 0. The van der Waals surface area contributed by atoms with Gasteiger partial charge in [0.25, 0.3) is 0 Å². The molecule has 0 aliphatic rings. The fourth-order valence-electron chi connectivity index (χ4n) is 4.13. The van der Waals surface area contributed by atoms with Crippen molar-refractivity contribution in [3.63, 3.8) is 0 Å². The van der Waals surface area contributed by atoms with Crippen molar-refractivity contribution in [3.8, 4) is 5.69 Å². The first-order valence-corrected chi connectivity index (χ1v) is 9.70. The largest absolute Gasteiger partial charge is 0.454 e. The van der Waals surface area contributed by atoms with Crippen LogP contribution in [0.1, 0.15) is 0 Å². The topological polar surface area (TPSA) is 18.1 Å². The smallest absolute Gasteiger partial charge is 0.149 e. The Balaban J connectivity index is 1.89. The van der Waals surface area contributed by atoms with E-state index in [-0.39, 0.29) is 0 Å². The third kappa shape index (κ3) is 2.00.